The first-order chi connectivity index (χ1) is 19.1. The molecule has 2 aromatic heterocycles. The molecule has 3 heterocycles. The number of carbonyl (C=O) groups excluding carboxylic acids is 2. The minimum Gasteiger partial charge on any atom is -0.334 e. The van der Waals surface area contributed by atoms with Crippen LogP contribution in [0.1, 0.15) is 36.4 Å². The highest BCUT2D eigenvalue weighted by molar-refractivity contribution is 6.32. The quantitative estimate of drug-likeness (QED) is 0.300. The maximum absolute atomic E-state index is 13.7. The minimum absolute atomic E-state index is 0.116. The molecule has 3 unspecified atom stereocenters. The predicted molar refractivity (Wildman–Crippen MR) is 145 cm³/mol. The van der Waals surface area contributed by atoms with E-state index in [-0.39, 0.29) is 11.8 Å². The predicted octanol–water partition coefficient (Wildman–Crippen LogP) is 6.63. The minimum atomic E-state index is -4.40. The van der Waals surface area contributed by atoms with Crippen LogP contribution in [0.25, 0.3) is 21.9 Å². The van der Waals surface area contributed by atoms with Crippen LogP contribution in [-0.4, -0.2) is 38.9 Å². The van der Waals surface area contributed by atoms with Gasteiger partial charge in [0, 0.05) is 39.8 Å². The number of nitrogens with one attached hydrogen (secondary N) is 1. The Morgan fingerprint density at radius 3 is 2.65 bits per heavy atom. The number of rotatable bonds is 4. The summed E-state index contributed by atoms with van der Waals surface area (Å²) in [6.45, 7) is 0.480. The van der Waals surface area contributed by atoms with Gasteiger partial charge in [-0.25, -0.2) is 9.69 Å². The fourth-order valence-corrected chi connectivity index (χ4v) is 6.45. The Hall–Kier alpha value is -3.92. The molecule has 3 atom stereocenters. The summed E-state index contributed by atoms with van der Waals surface area (Å²) in [5.74, 6) is -0.807. The van der Waals surface area contributed by atoms with E-state index in [1.54, 1.807) is 25.3 Å². The Morgan fingerprint density at radius 2 is 1.85 bits per heavy atom. The summed E-state index contributed by atoms with van der Waals surface area (Å²) in [4.78, 5) is 32.4. The molecule has 6 rings (SSSR count). The van der Waals surface area contributed by atoms with E-state index in [4.69, 9.17) is 11.6 Å². The van der Waals surface area contributed by atoms with Crippen LogP contribution in [0.2, 0.25) is 5.02 Å². The van der Waals surface area contributed by atoms with E-state index in [2.05, 4.69) is 15.4 Å². The van der Waals surface area contributed by atoms with Crippen molar-refractivity contribution in [2.75, 3.05) is 4.90 Å². The maximum atomic E-state index is 13.7. The van der Waals surface area contributed by atoms with Gasteiger partial charge < -0.3 is 5.32 Å². The van der Waals surface area contributed by atoms with Crippen LogP contribution < -0.4 is 10.2 Å². The van der Waals surface area contributed by atoms with Gasteiger partial charge in [-0.3, -0.25) is 14.5 Å². The number of urea groups is 1. The van der Waals surface area contributed by atoms with Crippen LogP contribution in [0.4, 0.5) is 23.7 Å². The maximum Gasteiger partial charge on any atom is 0.408 e. The first kappa shape index (κ1) is 26.3. The van der Waals surface area contributed by atoms with Crippen LogP contribution in [0.15, 0.2) is 61.1 Å². The van der Waals surface area contributed by atoms with E-state index < -0.39 is 30.7 Å². The Balaban J connectivity index is 1.29. The van der Waals surface area contributed by atoms with Crippen LogP contribution >= 0.6 is 11.6 Å². The lowest BCUT2D eigenvalue weighted by Crippen LogP contribution is -2.61. The fraction of sp³-hybridized carbons (Fsp3) is 0.310. The smallest absolute Gasteiger partial charge is 0.334 e. The molecule has 0 bridgehead atoms. The zero-order chi connectivity index (χ0) is 28.2. The standard InChI is InChI=1S/C29H25ClF3N5O2/c1-16-22(14-37(36-16)15-29(31,32)33)20-7-4-8-23(30)26(20)17-9-10-21-24(11-17)35-28(40)38(27(21)39)25-13-34-12-18-5-2-3-6-19(18)25/h2-8,12-14,17,21,24H,9-11,15H2,1H3,(H,35,40). The molecular formula is C29H25ClF3N5O2. The van der Waals surface area contributed by atoms with Gasteiger partial charge in [0.05, 0.1) is 23.5 Å². The van der Waals surface area contributed by atoms with E-state index in [1.165, 1.54) is 17.3 Å². The molecule has 1 aliphatic heterocycles. The first-order valence-electron chi connectivity index (χ1n) is 13.0. The van der Waals surface area contributed by atoms with Crippen LogP contribution in [0, 0.1) is 12.8 Å². The third kappa shape index (κ3) is 4.70. The molecule has 4 aromatic rings. The summed E-state index contributed by atoms with van der Waals surface area (Å²) in [7, 11) is 0. The number of anilines is 1. The molecule has 1 saturated carbocycles. The van der Waals surface area contributed by atoms with Crippen molar-refractivity contribution in [3.05, 3.63) is 77.3 Å². The lowest BCUT2D eigenvalue weighted by atomic mass is 9.72. The van der Waals surface area contributed by atoms with Gasteiger partial charge >= 0.3 is 12.2 Å². The SMILES string of the molecule is Cc1nn(CC(F)(F)F)cc1-c1cccc(Cl)c1C1CCC2C(=O)N(c3cncc4ccccc34)C(=O)NC2C1. The number of aryl methyl sites for hydroxylation is 1. The second-order valence-corrected chi connectivity index (χ2v) is 10.8. The zero-order valence-corrected chi connectivity index (χ0v) is 22.2. The van der Waals surface area contributed by atoms with Gasteiger partial charge in [-0.1, -0.05) is 48.0 Å². The van der Waals surface area contributed by atoms with Gasteiger partial charge in [0.25, 0.3) is 0 Å². The molecule has 40 heavy (non-hydrogen) atoms. The molecule has 1 saturated heterocycles. The van der Waals surface area contributed by atoms with Crippen molar-refractivity contribution in [1.29, 1.82) is 0 Å². The Morgan fingerprint density at radius 1 is 1.05 bits per heavy atom. The Bertz CT molecular complexity index is 1630. The highest BCUT2D eigenvalue weighted by atomic mass is 35.5. The summed E-state index contributed by atoms with van der Waals surface area (Å²) in [6, 6.07) is 11.9. The average Bonchev–Trinajstić information content (AvgIpc) is 3.26. The van der Waals surface area contributed by atoms with E-state index >= 15 is 0 Å². The van der Waals surface area contributed by atoms with Crippen molar-refractivity contribution in [3.63, 3.8) is 0 Å². The second-order valence-electron chi connectivity index (χ2n) is 10.4. The van der Waals surface area contributed by atoms with Crippen LogP contribution in [0.5, 0.6) is 0 Å². The molecule has 11 heteroatoms. The van der Waals surface area contributed by atoms with Crippen LogP contribution in [0.3, 0.4) is 0 Å². The lowest BCUT2D eigenvalue weighted by molar-refractivity contribution is -0.142. The van der Waals surface area contributed by atoms with Gasteiger partial charge in [0.15, 0.2) is 0 Å². The van der Waals surface area contributed by atoms with E-state index in [9.17, 15) is 22.8 Å². The molecule has 206 valence electrons. The molecule has 3 amide bonds. The first-order valence-corrected chi connectivity index (χ1v) is 13.4. The van der Waals surface area contributed by atoms with Crippen LogP contribution in [-0.2, 0) is 11.3 Å². The lowest BCUT2D eigenvalue weighted by Gasteiger charge is -2.43. The number of halogens is 4. The molecule has 7 nitrogen and oxygen atoms in total. The fourth-order valence-electron chi connectivity index (χ4n) is 6.12. The molecule has 0 spiro atoms. The Kier molecular flexibility index (Phi) is 6.53. The number of imide groups is 1. The van der Waals surface area contributed by atoms with Gasteiger partial charge in [-0.15, -0.1) is 0 Å². The van der Waals surface area contributed by atoms with E-state index in [1.807, 2.05) is 30.3 Å². The number of nitrogens with zero attached hydrogens (tertiary/aromatic N) is 4. The number of aromatic nitrogens is 3. The van der Waals surface area contributed by atoms with Crippen molar-refractivity contribution in [2.24, 2.45) is 5.92 Å². The van der Waals surface area contributed by atoms with Crippen molar-refractivity contribution >= 4 is 40.0 Å². The summed E-state index contributed by atoms with van der Waals surface area (Å²) in [5, 5.41) is 9.18. The number of carbonyl (C=O) groups is 2. The normalized spacial score (nSPS) is 21.4. The highest BCUT2D eigenvalue weighted by Crippen LogP contribution is 2.45. The molecule has 2 aromatic carbocycles. The monoisotopic (exact) mass is 567 g/mol. The van der Waals surface area contributed by atoms with Gasteiger partial charge in [0.2, 0.25) is 5.91 Å². The third-order valence-electron chi connectivity index (χ3n) is 7.83. The van der Waals surface area contributed by atoms with Crippen molar-refractivity contribution in [1.82, 2.24) is 20.1 Å². The van der Waals surface area contributed by atoms with E-state index in [0.29, 0.717) is 46.8 Å². The number of amides is 3. The second kappa shape index (κ2) is 9.92. The number of benzene rings is 2. The number of hydrogen-bond acceptors (Lipinski definition) is 4. The molecule has 2 aliphatic rings. The highest BCUT2D eigenvalue weighted by Gasteiger charge is 2.46. The van der Waals surface area contributed by atoms with Gasteiger partial charge in [0.1, 0.15) is 6.54 Å². The van der Waals surface area contributed by atoms with Crippen molar-refractivity contribution in [2.45, 2.75) is 50.9 Å². The summed E-state index contributed by atoms with van der Waals surface area (Å²) in [6.07, 6.45) is 1.82. The van der Waals surface area contributed by atoms with Crippen molar-refractivity contribution in [3.8, 4) is 11.1 Å². The molecule has 0 radical (unpaired) electrons. The topological polar surface area (TPSA) is 80.1 Å². The largest absolute Gasteiger partial charge is 0.408 e. The van der Waals surface area contributed by atoms with Crippen molar-refractivity contribution < 1.29 is 22.8 Å². The number of fused-ring (bicyclic) bond motifs is 2. The van der Waals surface area contributed by atoms with E-state index in [0.717, 1.165) is 21.0 Å². The Labute approximate surface area is 232 Å². The number of hydrogen-bond donors (Lipinski definition) is 1. The zero-order valence-electron chi connectivity index (χ0n) is 21.5. The molecule has 1 aliphatic carbocycles. The van der Waals surface area contributed by atoms with Gasteiger partial charge in [-0.2, -0.15) is 18.3 Å². The third-order valence-corrected chi connectivity index (χ3v) is 8.16. The average molecular weight is 568 g/mol. The summed E-state index contributed by atoms with van der Waals surface area (Å²) >= 11 is 6.69. The summed E-state index contributed by atoms with van der Waals surface area (Å²) < 4.78 is 39.9. The molecular weight excluding hydrogens is 543 g/mol. The number of pyridine rings is 1. The molecule has 1 N–H and O–H groups in total. The van der Waals surface area contributed by atoms with Gasteiger partial charge in [-0.05, 0) is 49.3 Å². The molecule has 2 fully saturated rings. The summed E-state index contributed by atoms with van der Waals surface area (Å²) in [5.41, 5.74) is 2.98. The number of alkyl halides is 3.